The molecule has 80 valence electrons. The SMILES string of the molecule is ClCCC(Cl)COCC(Cl)CCCl. The highest BCUT2D eigenvalue weighted by Gasteiger charge is 2.07. The molecule has 0 rings (SSSR count). The Morgan fingerprint density at radius 1 is 0.846 bits per heavy atom. The zero-order valence-corrected chi connectivity index (χ0v) is 10.3. The molecule has 2 atom stereocenters. The molecule has 0 spiro atoms. The summed E-state index contributed by atoms with van der Waals surface area (Å²) in [4.78, 5) is 0. The van der Waals surface area contributed by atoms with Crippen LogP contribution in [0, 0.1) is 0 Å². The number of alkyl halides is 4. The zero-order valence-electron chi connectivity index (χ0n) is 7.32. The summed E-state index contributed by atoms with van der Waals surface area (Å²) in [5.41, 5.74) is 0. The third-order valence-corrected chi connectivity index (χ3v) is 2.57. The first-order valence-corrected chi connectivity index (χ1v) is 6.12. The van der Waals surface area contributed by atoms with Crippen LogP contribution in [-0.4, -0.2) is 35.7 Å². The quantitative estimate of drug-likeness (QED) is 0.612. The highest BCUT2D eigenvalue weighted by atomic mass is 35.5. The van der Waals surface area contributed by atoms with Gasteiger partial charge >= 0.3 is 0 Å². The van der Waals surface area contributed by atoms with Crippen molar-refractivity contribution in [3.05, 3.63) is 0 Å². The zero-order chi connectivity index (χ0) is 10.1. The molecule has 13 heavy (non-hydrogen) atoms. The molecule has 0 amide bonds. The Morgan fingerprint density at radius 2 is 1.23 bits per heavy atom. The molecule has 0 fully saturated rings. The minimum absolute atomic E-state index is 0.0163. The average molecular weight is 268 g/mol. The summed E-state index contributed by atoms with van der Waals surface area (Å²) in [6, 6.07) is 0. The van der Waals surface area contributed by atoms with Crippen molar-refractivity contribution in [2.24, 2.45) is 0 Å². The van der Waals surface area contributed by atoms with Crippen LogP contribution in [0.1, 0.15) is 12.8 Å². The maximum absolute atomic E-state index is 5.86. The van der Waals surface area contributed by atoms with E-state index in [1.165, 1.54) is 0 Å². The summed E-state index contributed by atoms with van der Waals surface area (Å²) in [6.45, 7) is 1.000. The molecule has 0 saturated carbocycles. The summed E-state index contributed by atoms with van der Waals surface area (Å²) >= 11 is 22.7. The Hall–Kier alpha value is 1.12. The third kappa shape index (κ3) is 9.42. The lowest BCUT2D eigenvalue weighted by molar-refractivity contribution is 0.133. The van der Waals surface area contributed by atoms with Crippen molar-refractivity contribution in [2.45, 2.75) is 23.6 Å². The maximum Gasteiger partial charge on any atom is 0.0631 e. The van der Waals surface area contributed by atoms with Gasteiger partial charge in [0.1, 0.15) is 0 Å². The van der Waals surface area contributed by atoms with Crippen molar-refractivity contribution < 1.29 is 4.74 Å². The lowest BCUT2D eigenvalue weighted by Crippen LogP contribution is -2.16. The number of halogens is 4. The second-order valence-corrected chi connectivity index (χ2v) is 4.68. The smallest absolute Gasteiger partial charge is 0.0631 e. The van der Waals surface area contributed by atoms with Gasteiger partial charge in [0.05, 0.1) is 24.0 Å². The Morgan fingerprint density at radius 3 is 1.54 bits per heavy atom. The molecular formula is C8H14Cl4O. The van der Waals surface area contributed by atoms with Crippen LogP contribution in [0.25, 0.3) is 0 Å². The molecule has 0 aliphatic rings. The van der Waals surface area contributed by atoms with Crippen LogP contribution in [0.15, 0.2) is 0 Å². The van der Waals surface area contributed by atoms with Crippen LogP contribution in [0.2, 0.25) is 0 Å². The Bertz CT molecular complexity index is 100. The van der Waals surface area contributed by atoms with Crippen LogP contribution < -0.4 is 0 Å². The second kappa shape index (κ2) is 9.67. The standard InChI is InChI=1S/C8H14Cl4O/c9-3-1-7(11)5-13-6-8(12)2-4-10/h7-8H,1-6H2. The Balaban J connectivity index is 3.23. The van der Waals surface area contributed by atoms with Gasteiger partial charge in [0.2, 0.25) is 0 Å². The fourth-order valence-corrected chi connectivity index (χ4v) is 1.87. The molecule has 0 aliphatic heterocycles. The maximum atomic E-state index is 5.86. The number of ether oxygens (including phenoxy) is 1. The van der Waals surface area contributed by atoms with Gasteiger partial charge in [-0.25, -0.2) is 0 Å². The molecule has 0 heterocycles. The van der Waals surface area contributed by atoms with E-state index in [1.807, 2.05) is 0 Å². The van der Waals surface area contributed by atoms with Crippen LogP contribution in [0.5, 0.6) is 0 Å². The fraction of sp³-hybridized carbons (Fsp3) is 1.00. The van der Waals surface area contributed by atoms with E-state index in [2.05, 4.69) is 0 Å². The van der Waals surface area contributed by atoms with Crippen molar-refractivity contribution in [2.75, 3.05) is 25.0 Å². The van der Waals surface area contributed by atoms with Gasteiger partial charge in [-0.2, -0.15) is 0 Å². The first kappa shape index (κ1) is 14.1. The van der Waals surface area contributed by atoms with Crippen molar-refractivity contribution in [3.8, 4) is 0 Å². The fourth-order valence-electron chi connectivity index (χ4n) is 0.727. The summed E-state index contributed by atoms with van der Waals surface area (Å²) in [5.74, 6) is 1.12. The molecule has 0 aliphatic carbocycles. The van der Waals surface area contributed by atoms with E-state index in [0.717, 1.165) is 12.8 Å². The molecule has 1 nitrogen and oxygen atoms in total. The molecule has 0 aromatic heterocycles. The van der Waals surface area contributed by atoms with Gasteiger partial charge in [-0.15, -0.1) is 46.4 Å². The normalized spacial score (nSPS) is 15.7. The minimum atomic E-state index is -0.0163. The van der Waals surface area contributed by atoms with Gasteiger partial charge < -0.3 is 4.74 Å². The van der Waals surface area contributed by atoms with E-state index in [1.54, 1.807) is 0 Å². The summed E-state index contributed by atoms with van der Waals surface area (Å²) in [7, 11) is 0. The predicted molar refractivity (Wildman–Crippen MR) is 60.8 cm³/mol. The van der Waals surface area contributed by atoms with E-state index in [4.69, 9.17) is 51.1 Å². The molecule has 0 N–H and O–H groups in total. The first-order chi connectivity index (χ1) is 6.20. The highest BCUT2D eigenvalue weighted by molar-refractivity contribution is 6.22. The molecular weight excluding hydrogens is 254 g/mol. The van der Waals surface area contributed by atoms with Crippen molar-refractivity contribution >= 4 is 46.4 Å². The predicted octanol–water partition coefficient (Wildman–Crippen LogP) is 3.48. The van der Waals surface area contributed by atoms with Crippen LogP contribution in [0.4, 0.5) is 0 Å². The molecule has 0 saturated heterocycles. The van der Waals surface area contributed by atoms with E-state index in [0.29, 0.717) is 25.0 Å². The first-order valence-electron chi connectivity index (χ1n) is 4.18. The lowest BCUT2D eigenvalue weighted by atomic mass is 10.3. The van der Waals surface area contributed by atoms with Gasteiger partial charge in [0.15, 0.2) is 0 Å². The molecule has 0 aromatic rings. The van der Waals surface area contributed by atoms with Crippen molar-refractivity contribution in [1.82, 2.24) is 0 Å². The van der Waals surface area contributed by atoms with Gasteiger partial charge in [0, 0.05) is 11.8 Å². The molecule has 5 heteroatoms. The van der Waals surface area contributed by atoms with Crippen LogP contribution >= 0.6 is 46.4 Å². The molecule has 0 aromatic carbocycles. The summed E-state index contributed by atoms with van der Waals surface area (Å²) < 4.78 is 5.28. The average Bonchev–Trinajstić information content (AvgIpc) is 2.05. The molecule has 0 bridgehead atoms. The number of rotatable bonds is 8. The monoisotopic (exact) mass is 266 g/mol. The number of hydrogen-bond donors (Lipinski definition) is 0. The topological polar surface area (TPSA) is 9.23 Å². The molecule has 0 radical (unpaired) electrons. The van der Waals surface area contributed by atoms with Crippen molar-refractivity contribution in [3.63, 3.8) is 0 Å². The van der Waals surface area contributed by atoms with Crippen LogP contribution in [-0.2, 0) is 4.74 Å². The van der Waals surface area contributed by atoms with Gasteiger partial charge in [-0.1, -0.05) is 0 Å². The highest BCUT2D eigenvalue weighted by Crippen LogP contribution is 2.07. The Labute approximate surface area is 99.6 Å². The summed E-state index contributed by atoms with van der Waals surface area (Å²) in [6.07, 6.45) is 1.51. The third-order valence-electron chi connectivity index (χ3n) is 1.44. The van der Waals surface area contributed by atoms with Gasteiger partial charge in [-0.3, -0.25) is 0 Å². The van der Waals surface area contributed by atoms with E-state index < -0.39 is 0 Å². The van der Waals surface area contributed by atoms with E-state index >= 15 is 0 Å². The minimum Gasteiger partial charge on any atom is -0.378 e. The van der Waals surface area contributed by atoms with Crippen molar-refractivity contribution in [1.29, 1.82) is 0 Å². The largest absolute Gasteiger partial charge is 0.378 e. The molecule has 2 unspecified atom stereocenters. The van der Waals surface area contributed by atoms with Gasteiger partial charge in [-0.05, 0) is 12.8 Å². The van der Waals surface area contributed by atoms with Gasteiger partial charge in [0.25, 0.3) is 0 Å². The van der Waals surface area contributed by atoms with Crippen LogP contribution in [0.3, 0.4) is 0 Å². The van der Waals surface area contributed by atoms with E-state index in [-0.39, 0.29) is 10.8 Å². The second-order valence-electron chi connectivity index (χ2n) is 2.69. The number of hydrogen-bond acceptors (Lipinski definition) is 1. The Kier molecular flexibility index (Phi) is 10.5. The summed E-state index contributed by atoms with van der Waals surface area (Å²) in [5, 5.41) is -0.0327. The van der Waals surface area contributed by atoms with E-state index in [9.17, 15) is 0 Å². The lowest BCUT2D eigenvalue weighted by Gasteiger charge is -2.11.